The third kappa shape index (κ3) is 3.33. The Labute approximate surface area is 127 Å². The van der Waals surface area contributed by atoms with Gasteiger partial charge in [-0.25, -0.2) is 0 Å². The van der Waals surface area contributed by atoms with Crippen LogP contribution < -0.4 is 9.47 Å². The normalized spacial score (nSPS) is 27.1. The summed E-state index contributed by atoms with van der Waals surface area (Å²) in [4.78, 5) is 2.53. The van der Waals surface area contributed by atoms with Crippen molar-refractivity contribution in [3.63, 3.8) is 0 Å². The fraction of sp³-hybridized carbons (Fsp3) is 0.647. The maximum absolute atomic E-state index is 6.05. The van der Waals surface area contributed by atoms with Crippen molar-refractivity contribution in [1.29, 1.82) is 0 Å². The van der Waals surface area contributed by atoms with Crippen LogP contribution in [0.3, 0.4) is 0 Å². The lowest BCUT2D eigenvalue weighted by molar-refractivity contribution is -0.0441. The lowest BCUT2D eigenvalue weighted by atomic mass is 9.89. The lowest BCUT2D eigenvalue weighted by Crippen LogP contribution is -2.58. The van der Waals surface area contributed by atoms with Crippen molar-refractivity contribution in [3.8, 4) is 11.5 Å². The highest BCUT2D eigenvalue weighted by atomic mass is 16.5. The number of hydrogen-bond donors (Lipinski definition) is 0. The molecule has 2 unspecified atom stereocenters. The molecule has 4 nitrogen and oxygen atoms in total. The Kier molecular flexibility index (Phi) is 4.66. The molecular formula is C17H25NO3. The van der Waals surface area contributed by atoms with Crippen LogP contribution in [0.4, 0.5) is 0 Å². The van der Waals surface area contributed by atoms with Crippen molar-refractivity contribution in [1.82, 2.24) is 4.90 Å². The van der Waals surface area contributed by atoms with Gasteiger partial charge in [0.1, 0.15) is 6.10 Å². The molecule has 0 N–H and O–H groups in total. The van der Waals surface area contributed by atoms with E-state index in [4.69, 9.17) is 14.2 Å². The van der Waals surface area contributed by atoms with E-state index in [1.54, 1.807) is 7.11 Å². The smallest absolute Gasteiger partial charge is 0.161 e. The molecule has 4 heteroatoms. The molecule has 1 saturated heterocycles. The zero-order valence-corrected chi connectivity index (χ0v) is 13.0. The maximum Gasteiger partial charge on any atom is 0.161 e. The molecule has 21 heavy (non-hydrogen) atoms. The van der Waals surface area contributed by atoms with Crippen molar-refractivity contribution >= 4 is 0 Å². The van der Waals surface area contributed by atoms with Gasteiger partial charge < -0.3 is 14.2 Å². The molecule has 1 heterocycles. The van der Waals surface area contributed by atoms with Gasteiger partial charge in [-0.3, -0.25) is 4.90 Å². The van der Waals surface area contributed by atoms with Crippen LogP contribution >= 0.6 is 0 Å². The average molecular weight is 291 g/mol. The molecule has 2 atom stereocenters. The van der Waals surface area contributed by atoms with E-state index in [0.29, 0.717) is 12.1 Å². The zero-order valence-electron chi connectivity index (χ0n) is 13.0. The van der Waals surface area contributed by atoms with Crippen molar-refractivity contribution in [2.24, 2.45) is 0 Å². The van der Waals surface area contributed by atoms with Gasteiger partial charge >= 0.3 is 0 Å². The number of rotatable bonds is 5. The predicted octanol–water partition coefficient (Wildman–Crippen LogP) is 2.72. The molecule has 3 rings (SSSR count). The molecule has 2 fully saturated rings. The van der Waals surface area contributed by atoms with Crippen LogP contribution in [-0.2, 0) is 4.74 Å². The Bertz CT molecular complexity index is 459. The maximum atomic E-state index is 6.05. The Hall–Kier alpha value is -1.26. The molecular weight excluding hydrogens is 266 g/mol. The zero-order chi connectivity index (χ0) is 14.7. The fourth-order valence-electron chi connectivity index (χ4n) is 3.40. The first kappa shape index (κ1) is 14.7. The minimum atomic E-state index is 0.282. The summed E-state index contributed by atoms with van der Waals surface area (Å²) < 4.78 is 16.9. The minimum absolute atomic E-state index is 0.282. The van der Waals surface area contributed by atoms with Crippen LogP contribution in [-0.4, -0.2) is 50.5 Å². The van der Waals surface area contributed by atoms with E-state index < -0.39 is 0 Å². The molecule has 1 aromatic carbocycles. The standard InChI is InChI=1S/C17H25NO3/c1-19-14-7-5-6-13(10-14)18-11-15(12-18)21-17-9-4-3-8-16(17)20-2/h3-4,8-9,13-15H,5-7,10-12H2,1-2H3. The SMILES string of the molecule is COc1ccccc1OC1CN(C2CCCC(OC)C2)C1. The summed E-state index contributed by atoms with van der Waals surface area (Å²) in [6.45, 7) is 2.03. The Morgan fingerprint density at radius 1 is 1.00 bits per heavy atom. The number of likely N-dealkylation sites (tertiary alicyclic amines) is 1. The molecule has 0 aromatic heterocycles. The van der Waals surface area contributed by atoms with Gasteiger partial charge in [0, 0.05) is 26.2 Å². The Morgan fingerprint density at radius 2 is 1.76 bits per heavy atom. The molecule has 0 spiro atoms. The average Bonchev–Trinajstić information content (AvgIpc) is 2.50. The molecule has 0 amide bonds. The van der Waals surface area contributed by atoms with Crippen LogP contribution in [0.2, 0.25) is 0 Å². The molecule has 2 aliphatic rings. The van der Waals surface area contributed by atoms with Gasteiger partial charge in [0.25, 0.3) is 0 Å². The molecule has 1 aliphatic heterocycles. The Balaban J connectivity index is 1.49. The molecule has 116 valence electrons. The highest BCUT2D eigenvalue weighted by molar-refractivity contribution is 5.39. The largest absolute Gasteiger partial charge is 0.493 e. The van der Waals surface area contributed by atoms with Crippen LogP contribution in [0.25, 0.3) is 0 Å². The van der Waals surface area contributed by atoms with E-state index in [0.717, 1.165) is 31.0 Å². The van der Waals surface area contributed by atoms with E-state index in [9.17, 15) is 0 Å². The quantitative estimate of drug-likeness (QED) is 0.834. The van der Waals surface area contributed by atoms with Gasteiger partial charge in [-0.1, -0.05) is 12.1 Å². The van der Waals surface area contributed by atoms with Crippen LogP contribution in [0.5, 0.6) is 11.5 Å². The van der Waals surface area contributed by atoms with E-state index in [1.807, 2.05) is 31.4 Å². The van der Waals surface area contributed by atoms with Crippen molar-refractivity contribution in [2.75, 3.05) is 27.3 Å². The highest BCUT2D eigenvalue weighted by Gasteiger charge is 2.36. The monoisotopic (exact) mass is 291 g/mol. The topological polar surface area (TPSA) is 30.9 Å². The number of benzene rings is 1. The summed E-state index contributed by atoms with van der Waals surface area (Å²) in [5.41, 5.74) is 0. The number of ether oxygens (including phenoxy) is 3. The molecule has 1 saturated carbocycles. The Morgan fingerprint density at radius 3 is 2.48 bits per heavy atom. The number of para-hydroxylation sites is 2. The van der Waals surface area contributed by atoms with Crippen LogP contribution in [0, 0.1) is 0 Å². The molecule has 0 radical (unpaired) electrons. The van der Waals surface area contributed by atoms with Gasteiger partial charge in [-0.15, -0.1) is 0 Å². The number of methoxy groups -OCH3 is 2. The van der Waals surface area contributed by atoms with E-state index in [-0.39, 0.29) is 6.10 Å². The first-order chi connectivity index (χ1) is 10.3. The summed E-state index contributed by atoms with van der Waals surface area (Å²) in [5.74, 6) is 1.66. The second-order valence-electron chi connectivity index (χ2n) is 6.02. The van der Waals surface area contributed by atoms with Crippen molar-refractivity contribution in [3.05, 3.63) is 24.3 Å². The molecule has 1 aromatic rings. The first-order valence-corrected chi connectivity index (χ1v) is 7.86. The van der Waals surface area contributed by atoms with Crippen molar-refractivity contribution in [2.45, 2.75) is 43.9 Å². The summed E-state index contributed by atoms with van der Waals surface area (Å²) >= 11 is 0. The lowest BCUT2D eigenvalue weighted by Gasteiger charge is -2.46. The van der Waals surface area contributed by atoms with Crippen molar-refractivity contribution < 1.29 is 14.2 Å². The van der Waals surface area contributed by atoms with E-state index in [1.165, 1.54) is 19.3 Å². The van der Waals surface area contributed by atoms with Gasteiger partial charge in [-0.2, -0.15) is 0 Å². The molecule has 1 aliphatic carbocycles. The number of hydrogen-bond acceptors (Lipinski definition) is 4. The van der Waals surface area contributed by atoms with Crippen LogP contribution in [0.1, 0.15) is 25.7 Å². The predicted molar refractivity (Wildman–Crippen MR) is 82.0 cm³/mol. The van der Waals surface area contributed by atoms with Gasteiger partial charge in [-0.05, 0) is 37.8 Å². The second kappa shape index (κ2) is 6.67. The van der Waals surface area contributed by atoms with E-state index >= 15 is 0 Å². The molecule has 0 bridgehead atoms. The second-order valence-corrected chi connectivity index (χ2v) is 6.02. The fourth-order valence-corrected chi connectivity index (χ4v) is 3.40. The van der Waals surface area contributed by atoms with Gasteiger partial charge in [0.2, 0.25) is 0 Å². The minimum Gasteiger partial charge on any atom is -0.493 e. The van der Waals surface area contributed by atoms with Gasteiger partial charge in [0.05, 0.1) is 13.2 Å². The van der Waals surface area contributed by atoms with Crippen LogP contribution in [0.15, 0.2) is 24.3 Å². The third-order valence-electron chi connectivity index (χ3n) is 4.69. The third-order valence-corrected chi connectivity index (χ3v) is 4.69. The van der Waals surface area contributed by atoms with Gasteiger partial charge in [0.15, 0.2) is 11.5 Å². The van der Waals surface area contributed by atoms with E-state index in [2.05, 4.69) is 4.90 Å². The summed E-state index contributed by atoms with van der Waals surface area (Å²) in [7, 11) is 3.51. The number of nitrogens with zero attached hydrogens (tertiary/aromatic N) is 1. The first-order valence-electron chi connectivity index (χ1n) is 7.86. The summed E-state index contributed by atoms with van der Waals surface area (Å²) in [6.07, 6.45) is 5.67. The summed E-state index contributed by atoms with van der Waals surface area (Å²) in [5, 5.41) is 0. The highest BCUT2D eigenvalue weighted by Crippen LogP contribution is 2.32. The summed E-state index contributed by atoms with van der Waals surface area (Å²) in [6, 6.07) is 8.53.